The highest BCUT2D eigenvalue weighted by atomic mass is 31.2. The second kappa shape index (κ2) is 71.3. The summed E-state index contributed by atoms with van der Waals surface area (Å²) in [6.45, 7) is 12.0. The minimum atomic E-state index is -4.96. The van der Waals surface area contributed by atoms with Gasteiger partial charge < -0.3 is 33.8 Å². The number of phosphoric ester groups is 2. The number of hydrogen-bond donors (Lipinski definition) is 3. The fourth-order valence-corrected chi connectivity index (χ4v) is 14.0. The zero-order valence-corrected chi connectivity index (χ0v) is 67.5. The van der Waals surface area contributed by atoms with Crippen LogP contribution < -0.4 is 0 Å². The molecule has 0 amide bonds. The van der Waals surface area contributed by atoms with E-state index in [1.54, 1.807) is 0 Å². The maximum absolute atomic E-state index is 13.1. The third kappa shape index (κ3) is 73.0. The van der Waals surface area contributed by atoms with Gasteiger partial charge in [0.25, 0.3) is 0 Å². The van der Waals surface area contributed by atoms with Crippen LogP contribution in [-0.2, 0) is 65.4 Å². The maximum Gasteiger partial charge on any atom is 0.472 e. The summed E-state index contributed by atoms with van der Waals surface area (Å²) < 4.78 is 68.8. The molecule has 0 aliphatic rings. The number of rotatable bonds is 79. The van der Waals surface area contributed by atoms with Crippen molar-refractivity contribution in [2.45, 2.75) is 439 Å². The molecule has 100 heavy (non-hydrogen) atoms. The van der Waals surface area contributed by atoms with Gasteiger partial charge in [0.1, 0.15) is 19.3 Å². The molecule has 0 fully saturated rings. The van der Waals surface area contributed by atoms with Gasteiger partial charge in [-0.2, -0.15) is 0 Å². The number of phosphoric acid groups is 2. The van der Waals surface area contributed by atoms with Gasteiger partial charge in [0.05, 0.1) is 26.4 Å². The highest BCUT2D eigenvalue weighted by Gasteiger charge is 2.30. The first-order chi connectivity index (χ1) is 48.3. The first kappa shape index (κ1) is 98.1. The van der Waals surface area contributed by atoms with E-state index in [0.717, 1.165) is 108 Å². The van der Waals surface area contributed by atoms with Crippen LogP contribution in [0.1, 0.15) is 421 Å². The van der Waals surface area contributed by atoms with Crippen molar-refractivity contribution in [3.63, 3.8) is 0 Å². The van der Waals surface area contributed by atoms with Gasteiger partial charge in [0.2, 0.25) is 0 Å². The molecule has 0 aromatic heterocycles. The van der Waals surface area contributed by atoms with Gasteiger partial charge in [-0.3, -0.25) is 37.3 Å². The van der Waals surface area contributed by atoms with Crippen molar-refractivity contribution in [2.24, 2.45) is 17.8 Å². The molecule has 0 spiro atoms. The Balaban J connectivity index is 5.27. The molecule has 594 valence electrons. The van der Waals surface area contributed by atoms with Crippen LogP contribution in [0.4, 0.5) is 0 Å². The number of esters is 4. The lowest BCUT2D eigenvalue weighted by molar-refractivity contribution is -0.161. The van der Waals surface area contributed by atoms with E-state index in [1.807, 2.05) is 0 Å². The number of ether oxygens (including phenoxy) is 4. The molecule has 0 aliphatic carbocycles. The lowest BCUT2D eigenvalue weighted by Crippen LogP contribution is -2.30. The van der Waals surface area contributed by atoms with E-state index in [-0.39, 0.29) is 25.7 Å². The number of aliphatic hydroxyl groups excluding tert-OH is 1. The Labute approximate surface area is 613 Å². The van der Waals surface area contributed by atoms with Crippen molar-refractivity contribution in [2.75, 3.05) is 39.6 Å². The number of carbonyl (C=O) groups excluding carboxylic acids is 4. The van der Waals surface area contributed by atoms with Crippen LogP contribution in [0.25, 0.3) is 0 Å². The van der Waals surface area contributed by atoms with Crippen molar-refractivity contribution in [1.82, 2.24) is 0 Å². The van der Waals surface area contributed by atoms with E-state index in [1.165, 1.54) is 231 Å². The van der Waals surface area contributed by atoms with E-state index in [4.69, 9.17) is 37.0 Å². The number of carbonyl (C=O) groups is 4. The molecule has 0 aliphatic heterocycles. The number of aliphatic hydroxyl groups is 1. The van der Waals surface area contributed by atoms with Gasteiger partial charge in [-0.05, 0) is 43.4 Å². The average molecular weight is 1470 g/mol. The Hall–Kier alpha value is -1.94. The summed E-state index contributed by atoms with van der Waals surface area (Å²) in [4.78, 5) is 73.1. The second-order valence-corrected chi connectivity index (χ2v) is 33.3. The molecule has 0 rings (SSSR count). The molecule has 0 saturated heterocycles. The fourth-order valence-electron chi connectivity index (χ4n) is 12.5. The predicted molar refractivity (Wildman–Crippen MR) is 409 cm³/mol. The molecule has 0 saturated carbocycles. The summed E-state index contributed by atoms with van der Waals surface area (Å²) in [6, 6.07) is 0. The van der Waals surface area contributed by atoms with Gasteiger partial charge in [-0.1, -0.05) is 370 Å². The van der Waals surface area contributed by atoms with Gasteiger partial charge in [0, 0.05) is 25.7 Å². The van der Waals surface area contributed by atoms with E-state index < -0.39 is 97.5 Å². The molecular weight excluding hydrogens is 1310 g/mol. The molecule has 17 nitrogen and oxygen atoms in total. The molecule has 0 aromatic rings. The maximum atomic E-state index is 13.1. The lowest BCUT2D eigenvalue weighted by Gasteiger charge is -2.21. The summed E-state index contributed by atoms with van der Waals surface area (Å²) in [6.07, 6.45) is 59.5. The van der Waals surface area contributed by atoms with Gasteiger partial charge >= 0.3 is 39.5 Å². The highest BCUT2D eigenvalue weighted by molar-refractivity contribution is 7.47. The fraction of sp³-hybridized carbons (Fsp3) is 0.951. The normalized spacial score (nSPS) is 14.2. The van der Waals surface area contributed by atoms with Crippen molar-refractivity contribution in [3.05, 3.63) is 0 Å². The molecule has 0 heterocycles. The molecule has 19 heteroatoms. The molecule has 0 aromatic carbocycles. The average Bonchev–Trinajstić information content (AvgIpc) is 1.04. The number of hydrogen-bond acceptors (Lipinski definition) is 15. The Kier molecular flexibility index (Phi) is 69.9. The smallest absolute Gasteiger partial charge is 0.462 e. The van der Waals surface area contributed by atoms with E-state index >= 15 is 0 Å². The Morgan fingerprint density at radius 3 is 0.760 bits per heavy atom. The van der Waals surface area contributed by atoms with E-state index in [0.29, 0.717) is 25.7 Å². The van der Waals surface area contributed by atoms with Crippen LogP contribution in [0, 0.1) is 17.8 Å². The molecule has 0 bridgehead atoms. The zero-order valence-electron chi connectivity index (χ0n) is 65.7. The Bertz CT molecular complexity index is 1940. The van der Waals surface area contributed by atoms with E-state index in [2.05, 4.69) is 48.5 Å². The SMILES string of the molecule is CCCCCCCCCCCCCCCCCCCCCC(=O)O[C@H](COC(=O)CCCCCCCCCCCCCC(C)C)COP(=O)(O)OC[C@@H](O)COP(=O)(O)OC[C@@H](COC(=O)CCCCCCCCCCCCC(C)C)OC(=O)CCCCCCCCCCCCC(C)CC. The van der Waals surface area contributed by atoms with Crippen LogP contribution >= 0.6 is 15.6 Å². The summed E-state index contributed by atoms with van der Waals surface area (Å²) in [5.41, 5.74) is 0. The molecule has 0 radical (unpaired) electrons. The van der Waals surface area contributed by atoms with E-state index in [9.17, 15) is 43.2 Å². The molecule has 3 N–H and O–H groups in total. The summed E-state index contributed by atoms with van der Waals surface area (Å²) in [7, 11) is -9.92. The minimum absolute atomic E-state index is 0.106. The van der Waals surface area contributed by atoms with Crippen LogP contribution in [0.15, 0.2) is 0 Å². The molecule has 6 atom stereocenters. The van der Waals surface area contributed by atoms with Crippen molar-refractivity contribution in [1.29, 1.82) is 0 Å². The first-order valence-corrected chi connectivity index (χ1v) is 44.9. The lowest BCUT2D eigenvalue weighted by atomic mass is 9.99. The third-order valence-electron chi connectivity index (χ3n) is 19.2. The zero-order chi connectivity index (χ0) is 73.7. The van der Waals surface area contributed by atoms with Crippen LogP contribution in [0.2, 0.25) is 0 Å². The summed E-state index contributed by atoms with van der Waals surface area (Å²) >= 11 is 0. The Morgan fingerprint density at radius 1 is 0.290 bits per heavy atom. The van der Waals surface area contributed by atoms with Crippen molar-refractivity contribution < 1.29 is 80.2 Å². The van der Waals surface area contributed by atoms with Gasteiger partial charge in [0.15, 0.2) is 12.2 Å². The summed E-state index contributed by atoms with van der Waals surface area (Å²) in [5, 5.41) is 10.6. The standard InChI is InChI=1S/C81H158O17P2/c1-8-10-11-12-13-14-15-16-17-18-19-20-21-22-25-36-43-50-57-64-80(85)97-76(68-91-78(83)62-55-48-41-34-26-23-24-31-38-45-52-59-72(3)4)70-95-99(87,88)93-66-75(82)67-94-100(89,90)96-71-77(69-92-79(84)63-56-49-42-35-29-27-32-39-46-53-60-73(5)6)98-81(86)65-58-51-44-37-30-28-33-40-47-54-61-74(7)9-2/h72-77,82H,8-71H2,1-7H3,(H,87,88)(H,89,90)/t74?,75-,76-,77-/m1/s1. The molecular formula is C81H158O17P2. The monoisotopic (exact) mass is 1470 g/mol. The largest absolute Gasteiger partial charge is 0.472 e. The first-order valence-electron chi connectivity index (χ1n) is 41.9. The quantitative estimate of drug-likeness (QED) is 0.0222. The van der Waals surface area contributed by atoms with Crippen molar-refractivity contribution in [3.8, 4) is 0 Å². The predicted octanol–water partition coefficient (Wildman–Crippen LogP) is 24.1. The Morgan fingerprint density at radius 2 is 0.510 bits per heavy atom. The van der Waals surface area contributed by atoms with Crippen molar-refractivity contribution >= 4 is 39.5 Å². The minimum Gasteiger partial charge on any atom is -0.462 e. The molecule has 3 unspecified atom stereocenters. The topological polar surface area (TPSA) is 237 Å². The number of unbranched alkanes of at least 4 members (excludes halogenated alkanes) is 46. The van der Waals surface area contributed by atoms with Gasteiger partial charge in [-0.25, -0.2) is 9.13 Å². The van der Waals surface area contributed by atoms with Crippen LogP contribution in [0.5, 0.6) is 0 Å². The van der Waals surface area contributed by atoms with Gasteiger partial charge in [-0.15, -0.1) is 0 Å². The second-order valence-electron chi connectivity index (χ2n) is 30.4. The highest BCUT2D eigenvalue weighted by Crippen LogP contribution is 2.45. The summed E-state index contributed by atoms with van der Waals surface area (Å²) in [5.74, 6) is 0.222. The van der Waals surface area contributed by atoms with Crippen LogP contribution in [-0.4, -0.2) is 96.7 Å². The third-order valence-corrected chi connectivity index (χ3v) is 21.1. The van der Waals surface area contributed by atoms with Crippen LogP contribution in [0.3, 0.4) is 0 Å².